The maximum absolute atomic E-state index is 13.0. The van der Waals surface area contributed by atoms with Crippen molar-refractivity contribution in [1.82, 2.24) is 9.62 Å². The highest BCUT2D eigenvalue weighted by Gasteiger charge is 2.36. The summed E-state index contributed by atoms with van der Waals surface area (Å²) in [6.07, 6.45) is 2.52. The number of nitrogens with one attached hydrogen (secondary N) is 1. The minimum Gasteiger partial charge on any atom is -0.351 e. The van der Waals surface area contributed by atoms with Gasteiger partial charge in [-0.15, -0.1) is 11.3 Å². The highest BCUT2D eigenvalue weighted by molar-refractivity contribution is 7.91. The van der Waals surface area contributed by atoms with Crippen molar-refractivity contribution in [2.24, 2.45) is 0 Å². The average molecular weight is 379 g/mol. The second kappa shape index (κ2) is 7.68. The first-order valence-electron chi connectivity index (χ1n) is 8.36. The first-order chi connectivity index (χ1) is 12.0. The van der Waals surface area contributed by atoms with Crippen LogP contribution in [0.5, 0.6) is 0 Å². The molecule has 2 heterocycles. The Kier molecular flexibility index (Phi) is 5.56. The Balaban J connectivity index is 1.75. The fraction of sp³-hybridized carbons (Fsp3) is 0.389. The molecular formula is C18H22N2O3S2. The van der Waals surface area contributed by atoms with Crippen LogP contribution in [0, 0.1) is 0 Å². The topological polar surface area (TPSA) is 66.5 Å². The van der Waals surface area contributed by atoms with Crippen LogP contribution in [0.25, 0.3) is 0 Å². The largest absolute Gasteiger partial charge is 0.351 e. The maximum atomic E-state index is 13.0. The number of amides is 1. The predicted octanol–water partition coefficient (Wildman–Crippen LogP) is 2.78. The monoisotopic (exact) mass is 378 g/mol. The molecule has 1 aliphatic heterocycles. The molecule has 2 aromatic rings. The third-order valence-electron chi connectivity index (χ3n) is 4.35. The summed E-state index contributed by atoms with van der Waals surface area (Å²) in [6, 6.07) is 13.4. The van der Waals surface area contributed by atoms with E-state index >= 15 is 0 Å². The second-order valence-electron chi connectivity index (χ2n) is 6.23. The molecule has 1 fully saturated rings. The molecule has 3 rings (SSSR count). The number of benzene rings is 1. The number of hydrogen-bond donors (Lipinski definition) is 1. The van der Waals surface area contributed by atoms with E-state index in [0.717, 1.165) is 29.7 Å². The third-order valence-corrected chi connectivity index (χ3v) is 7.85. The number of sulfonamides is 1. The van der Waals surface area contributed by atoms with Gasteiger partial charge in [-0.05, 0) is 37.0 Å². The van der Waals surface area contributed by atoms with E-state index < -0.39 is 10.0 Å². The van der Waals surface area contributed by atoms with Crippen LogP contribution in [0.3, 0.4) is 0 Å². The van der Waals surface area contributed by atoms with Gasteiger partial charge >= 0.3 is 0 Å². The van der Waals surface area contributed by atoms with Gasteiger partial charge < -0.3 is 5.32 Å². The normalized spacial score (nSPS) is 18.4. The molecule has 0 unspecified atom stereocenters. The van der Waals surface area contributed by atoms with Crippen molar-refractivity contribution in [2.45, 2.75) is 43.0 Å². The smallest absolute Gasteiger partial charge is 0.252 e. The molecule has 0 saturated carbocycles. The number of hydrogen-bond acceptors (Lipinski definition) is 4. The Morgan fingerprint density at radius 3 is 2.72 bits per heavy atom. The average Bonchev–Trinajstić information content (AvgIpc) is 3.23. The minimum absolute atomic E-state index is 0.00768. The van der Waals surface area contributed by atoms with E-state index in [-0.39, 0.29) is 11.9 Å². The van der Waals surface area contributed by atoms with Gasteiger partial charge in [0, 0.05) is 24.4 Å². The molecule has 1 atom stereocenters. The minimum atomic E-state index is -3.49. The molecule has 1 amide bonds. The van der Waals surface area contributed by atoms with Gasteiger partial charge in [0.1, 0.15) is 4.21 Å². The Morgan fingerprint density at radius 2 is 2.00 bits per heavy atom. The van der Waals surface area contributed by atoms with E-state index in [0.29, 0.717) is 17.3 Å². The Morgan fingerprint density at radius 1 is 1.24 bits per heavy atom. The molecule has 0 spiro atoms. The summed E-state index contributed by atoms with van der Waals surface area (Å²) in [5.41, 5.74) is 1.16. The summed E-state index contributed by atoms with van der Waals surface area (Å²) in [5.74, 6) is -0.125. The molecule has 1 aromatic heterocycles. The summed E-state index contributed by atoms with van der Waals surface area (Å²) in [6.45, 7) is 2.38. The molecule has 25 heavy (non-hydrogen) atoms. The quantitative estimate of drug-likeness (QED) is 0.840. The predicted molar refractivity (Wildman–Crippen MR) is 98.9 cm³/mol. The molecular weight excluding hydrogens is 356 g/mol. The third kappa shape index (κ3) is 4.29. The summed E-state index contributed by atoms with van der Waals surface area (Å²) >= 11 is 1.23. The van der Waals surface area contributed by atoms with Crippen molar-refractivity contribution in [2.75, 3.05) is 6.54 Å². The van der Waals surface area contributed by atoms with Crippen LogP contribution in [-0.2, 0) is 27.8 Å². The van der Waals surface area contributed by atoms with E-state index in [4.69, 9.17) is 0 Å². The maximum Gasteiger partial charge on any atom is 0.252 e. The van der Waals surface area contributed by atoms with Gasteiger partial charge in [0.05, 0.1) is 6.54 Å². The van der Waals surface area contributed by atoms with Crippen LogP contribution < -0.4 is 5.32 Å². The number of carbonyl (C=O) groups excluding carboxylic acids is 1. The van der Waals surface area contributed by atoms with Gasteiger partial charge in [-0.25, -0.2) is 8.42 Å². The van der Waals surface area contributed by atoms with Crippen molar-refractivity contribution >= 4 is 27.3 Å². The number of nitrogens with zero attached hydrogens (tertiary/aromatic N) is 1. The number of thiophene rings is 1. The van der Waals surface area contributed by atoms with E-state index in [9.17, 15) is 13.2 Å². The van der Waals surface area contributed by atoms with Gasteiger partial charge in [0.25, 0.3) is 10.0 Å². The zero-order chi connectivity index (χ0) is 17.9. The molecule has 5 nitrogen and oxygen atoms in total. The summed E-state index contributed by atoms with van der Waals surface area (Å²) < 4.78 is 28.1. The first kappa shape index (κ1) is 18.1. The van der Waals surface area contributed by atoms with Crippen LogP contribution >= 0.6 is 11.3 Å². The van der Waals surface area contributed by atoms with Gasteiger partial charge in [-0.1, -0.05) is 30.3 Å². The Hall–Kier alpha value is -1.70. The lowest BCUT2D eigenvalue weighted by Gasteiger charge is -2.23. The summed E-state index contributed by atoms with van der Waals surface area (Å²) in [5, 5.41) is 2.70. The first-order valence-corrected chi connectivity index (χ1v) is 10.6. The lowest BCUT2D eigenvalue weighted by molar-refractivity contribution is -0.119. The lowest BCUT2D eigenvalue weighted by Crippen LogP contribution is -2.36. The summed E-state index contributed by atoms with van der Waals surface area (Å²) in [7, 11) is -3.49. The molecule has 0 radical (unpaired) electrons. The van der Waals surface area contributed by atoms with Crippen molar-refractivity contribution < 1.29 is 13.2 Å². The van der Waals surface area contributed by atoms with E-state index in [1.54, 1.807) is 16.4 Å². The SMILES string of the molecule is CC(=O)NCc1ccc(S(=O)(=O)N2CCC[C@@H]2Cc2ccccc2)s1. The lowest BCUT2D eigenvalue weighted by atomic mass is 10.1. The van der Waals surface area contributed by atoms with Crippen molar-refractivity contribution in [3.05, 3.63) is 52.9 Å². The van der Waals surface area contributed by atoms with Crippen molar-refractivity contribution in [3.63, 3.8) is 0 Å². The fourth-order valence-corrected chi connectivity index (χ4v) is 6.25. The molecule has 1 aromatic carbocycles. The number of rotatable bonds is 6. The molecule has 7 heteroatoms. The van der Waals surface area contributed by atoms with E-state index in [1.807, 2.05) is 30.3 Å². The Labute approximate surface area is 152 Å². The van der Waals surface area contributed by atoms with Gasteiger partial charge in [0.15, 0.2) is 0 Å². The van der Waals surface area contributed by atoms with Crippen molar-refractivity contribution in [3.8, 4) is 0 Å². The highest BCUT2D eigenvalue weighted by Crippen LogP contribution is 2.31. The second-order valence-corrected chi connectivity index (χ2v) is 9.52. The molecule has 1 aliphatic rings. The van der Waals surface area contributed by atoms with Crippen LogP contribution in [-0.4, -0.2) is 31.2 Å². The zero-order valence-electron chi connectivity index (χ0n) is 14.1. The summed E-state index contributed by atoms with van der Waals surface area (Å²) in [4.78, 5) is 11.9. The molecule has 0 aliphatic carbocycles. The van der Waals surface area contributed by atoms with Crippen molar-refractivity contribution in [1.29, 1.82) is 0 Å². The van der Waals surface area contributed by atoms with E-state index in [1.165, 1.54) is 18.3 Å². The van der Waals surface area contributed by atoms with Crippen LogP contribution in [0.15, 0.2) is 46.7 Å². The zero-order valence-corrected chi connectivity index (χ0v) is 15.8. The van der Waals surface area contributed by atoms with Gasteiger partial charge in [-0.2, -0.15) is 4.31 Å². The fourth-order valence-electron chi connectivity index (χ4n) is 3.13. The van der Waals surface area contributed by atoms with Gasteiger partial charge in [-0.3, -0.25) is 4.79 Å². The highest BCUT2D eigenvalue weighted by atomic mass is 32.2. The van der Waals surface area contributed by atoms with E-state index in [2.05, 4.69) is 5.32 Å². The molecule has 0 bridgehead atoms. The van der Waals surface area contributed by atoms with Crippen LogP contribution in [0.2, 0.25) is 0 Å². The Bertz CT molecular complexity index is 831. The molecule has 1 saturated heterocycles. The molecule has 134 valence electrons. The molecule has 1 N–H and O–H groups in total. The van der Waals surface area contributed by atoms with Crippen LogP contribution in [0.4, 0.5) is 0 Å². The standard InChI is InChI=1S/C18H22N2O3S2/c1-14(21)19-13-17-9-10-18(24-17)25(22,23)20-11-5-8-16(20)12-15-6-3-2-4-7-15/h2-4,6-7,9-10,16H,5,8,11-13H2,1H3,(H,19,21)/t16-/m1/s1. The number of carbonyl (C=O) groups is 1. The van der Waals surface area contributed by atoms with Crippen LogP contribution in [0.1, 0.15) is 30.2 Å². The van der Waals surface area contributed by atoms with Gasteiger partial charge in [0.2, 0.25) is 5.91 Å².